The van der Waals surface area contributed by atoms with E-state index < -0.39 is 23.5 Å². The number of benzene rings is 1. The number of pyridine rings is 1. The average molecular weight is 411 g/mol. The first-order valence-electron chi connectivity index (χ1n) is 9.80. The van der Waals surface area contributed by atoms with E-state index in [1.807, 2.05) is 0 Å². The van der Waals surface area contributed by atoms with Gasteiger partial charge in [-0.2, -0.15) is 0 Å². The summed E-state index contributed by atoms with van der Waals surface area (Å²) < 4.78 is 18.7. The number of ether oxygens (including phenoxy) is 1. The molecule has 1 amide bonds. The molecule has 0 radical (unpaired) electrons. The lowest BCUT2D eigenvalue weighted by molar-refractivity contribution is -0.140. The molecule has 8 heteroatoms. The van der Waals surface area contributed by atoms with Crippen molar-refractivity contribution >= 4 is 17.4 Å². The van der Waals surface area contributed by atoms with E-state index >= 15 is 0 Å². The Balaban J connectivity index is 1.71. The van der Waals surface area contributed by atoms with Gasteiger partial charge >= 0.3 is 0 Å². The van der Waals surface area contributed by atoms with Crippen LogP contribution in [0.1, 0.15) is 17.2 Å². The fourth-order valence-electron chi connectivity index (χ4n) is 3.83. The number of aromatic nitrogens is 1. The van der Waals surface area contributed by atoms with Gasteiger partial charge in [0, 0.05) is 44.1 Å². The van der Waals surface area contributed by atoms with E-state index in [9.17, 15) is 19.1 Å². The fraction of sp³-hybridized carbons (Fsp3) is 0.318. The normalized spacial score (nSPS) is 21.9. The molecular formula is C22H22FN3O4. The Bertz CT molecular complexity index is 956. The summed E-state index contributed by atoms with van der Waals surface area (Å²) in [7, 11) is 0. The van der Waals surface area contributed by atoms with Crippen molar-refractivity contribution in [2.45, 2.75) is 6.04 Å². The van der Waals surface area contributed by atoms with E-state index in [1.54, 1.807) is 24.5 Å². The van der Waals surface area contributed by atoms with Crippen LogP contribution in [0.5, 0.6) is 0 Å². The number of ketones is 1. The summed E-state index contributed by atoms with van der Waals surface area (Å²) in [4.78, 5) is 33.5. The molecule has 1 aromatic carbocycles. The molecule has 0 aliphatic carbocycles. The maximum Gasteiger partial charge on any atom is 0.295 e. The molecule has 2 aliphatic heterocycles. The molecule has 1 atom stereocenters. The lowest BCUT2D eigenvalue weighted by Gasteiger charge is -2.30. The number of morpholine rings is 1. The lowest BCUT2D eigenvalue weighted by Crippen LogP contribution is -2.42. The number of likely N-dealkylation sites (tertiary alicyclic amines) is 1. The van der Waals surface area contributed by atoms with Gasteiger partial charge in [0.05, 0.1) is 24.8 Å². The largest absolute Gasteiger partial charge is 0.507 e. The third-order valence-corrected chi connectivity index (χ3v) is 5.42. The number of hydrogen-bond acceptors (Lipinski definition) is 6. The number of aliphatic hydroxyl groups is 1. The molecule has 7 nitrogen and oxygen atoms in total. The summed E-state index contributed by atoms with van der Waals surface area (Å²) in [6, 6.07) is 7.88. The number of amides is 1. The molecule has 0 spiro atoms. The van der Waals surface area contributed by atoms with E-state index in [2.05, 4.69) is 9.88 Å². The van der Waals surface area contributed by atoms with Crippen molar-refractivity contribution in [3.8, 4) is 0 Å². The highest BCUT2D eigenvalue weighted by molar-refractivity contribution is 6.46. The summed E-state index contributed by atoms with van der Waals surface area (Å²) >= 11 is 0. The zero-order valence-corrected chi connectivity index (χ0v) is 16.3. The molecule has 0 bridgehead atoms. The number of Topliss-reactive ketones (excluding diaryl/α,β-unsaturated/α-hetero) is 1. The lowest BCUT2D eigenvalue weighted by atomic mass is 9.96. The summed E-state index contributed by atoms with van der Waals surface area (Å²) in [5, 5.41) is 10.9. The quantitative estimate of drug-likeness (QED) is 0.460. The highest BCUT2D eigenvalue weighted by atomic mass is 19.1. The predicted molar refractivity (Wildman–Crippen MR) is 107 cm³/mol. The van der Waals surface area contributed by atoms with Crippen LogP contribution in [0.15, 0.2) is 54.4 Å². The van der Waals surface area contributed by atoms with Crippen LogP contribution in [0.4, 0.5) is 4.39 Å². The van der Waals surface area contributed by atoms with Gasteiger partial charge in [0.1, 0.15) is 11.6 Å². The molecule has 1 N–H and O–H groups in total. The van der Waals surface area contributed by atoms with Crippen LogP contribution < -0.4 is 0 Å². The van der Waals surface area contributed by atoms with Crippen molar-refractivity contribution in [2.24, 2.45) is 0 Å². The molecule has 2 fully saturated rings. The van der Waals surface area contributed by atoms with Gasteiger partial charge in [-0.15, -0.1) is 0 Å². The average Bonchev–Trinajstić information content (AvgIpc) is 3.04. The Kier molecular flexibility index (Phi) is 5.87. The SMILES string of the molecule is O=C1C(=O)N(CCN2CCOCC2)[C@H](c2cccnc2)C1=C(O)c1ccc(F)cc1. The van der Waals surface area contributed by atoms with Crippen molar-refractivity contribution < 1.29 is 23.8 Å². The smallest absolute Gasteiger partial charge is 0.295 e. The first-order valence-corrected chi connectivity index (χ1v) is 9.80. The summed E-state index contributed by atoms with van der Waals surface area (Å²) in [6.07, 6.45) is 3.18. The summed E-state index contributed by atoms with van der Waals surface area (Å²) in [5.74, 6) is -2.20. The molecule has 30 heavy (non-hydrogen) atoms. The maximum atomic E-state index is 13.3. The molecule has 2 saturated heterocycles. The number of halogens is 1. The zero-order chi connectivity index (χ0) is 21.1. The number of rotatable bonds is 5. The molecule has 0 unspecified atom stereocenters. The first kappa shape index (κ1) is 20.2. The van der Waals surface area contributed by atoms with E-state index in [0.717, 1.165) is 13.1 Å². The second kappa shape index (κ2) is 8.73. The van der Waals surface area contributed by atoms with Crippen LogP contribution in [0, 0.1) is 5.82 Å². The molecular weight excluding hydrogens is 389 g/mol. The topological polar surface area (TPSA) is 83.0 Å². The van der Waals surface area contributed by atoms with Crippen LogP contribution in [-0.2, 0) is 14.3 Å². The molecule has 156 valence electrons. The number of hydrogen-bond donors (Lipinski definition) is 1. The Morgan fingerprint density at radius 2 is 1.87 bits per heavy atom. The standard InChI is InChI=1S/C22H22FN3O4/c23-17-5-3-15(4-6-17)20(27)18-19(16-2-1-7-24-14-16)26(22(29)21(18)28)9-8-25-10-12-30-13-11-25/h1-7,14,19,27H,8-13H2/t19-/m1/s1. The van der Waals surface area contributed by atoms with Crippen molar-refractivity contribution in [1.29, 1.82) is 0 Å². The Morgan fingerprint density at radius 3 is 2.53 bits per heavy atom. The highest BCUT2D eigenvalue weighted by Crippen LogP contribution is 2.38. The predicted octanol–water partition coefficient (Wildman–Crippen LogP) is 1.97. The fourth-order valence-corrected chi connectivity index (χ4v) is 3.83. The van der Waals surface area contributed by atoms with Crippen molar-refractivity contribution in [3.63, 3.8) is 0 Å². The van der Waals surface area contributed by atoms with Crippen LogP contribution in [-0.4, -0.2) is 71.0 Å². The van der Waals surface area contributed by atoms with Gasteiger partial charge in [-0.25, -0.2) is 4.39 Å². The Morgan fingerprint density at radius 1 is 1.13 bits per heavy atom. The molecule has 2 aliphatic rings. The second-order valence-corrected chi connectivity index (χ2v) is 7.24. The number of carbonyl (C=O) groups is 2. The van der Waals surface area contributed by atoms with Gasteiger partial charge in [-0.3, -0.25) is 19.5 Å². The highest BCUT2D eigenvalue weighted by Gasteiger charge is 2.46. The number of nitrogens with zero attached hydrogens (tertiary/aromatic N) is 3. The molecule has 3 heterocycles. The third-order valence-electron chi connectivity index (χ3n) is 5.42. The monoisotopic (exact) mass is 411 g/mol. The van der Waals surface area contributed by atoms with Gasteiger partial charge in [0.25, 0.3) is 11.7 Å². The van der Waals surface area contributed by atoms with Gasteiger partial charge in [0.2, 0.25) is 0 Å². The van der Waals surface area contributed by atoms with E-state index in [1.165, 1.54) is 29.2 Å². The molecule has 1 aromatic heterocycles. The second-order valence-electron chi connectivity index (χ2n) is 7.24. The first-order chi connectivity index (χ1) is 14.6. The van der Waals surface area contributed by atoms with E-state index in [-0.39, 0.29) is 16.9 Å². The van der Waals surface area contributed by atoms with E-state index in [0.29, 0.717) is 31.9 Å². The maximum absolute atomic E-state index is 13.3. The minimum Gasteiger partial charge on any atom is -0.507 e. The van der Waals surface area contributed by atoms with Crippen molar-refractivity contribution in [3.05, 3.63) is 71.3 Å². The summed E-state index contributed by atoms with van der Waals surface area (Å²) in [5.41, 5.74) is 0.889. The van der Waals surface area contributed by atoms with Gasteiger partial charge < -0.3 is 14.7 Å². The number of carbonyl (C=O) groups excluding carboxylic acids is 2. The van der Waals surface area contributed by atoms with Crippen LogP contribution >= 0.6 is 0 Å². The van der Waals surface area contributed by atoms with Crippen LogP contribution in [0.25, 0.3) is 5.76 Å². The van der Waals surface area contributed by atoms with Crippen molar-refractivity contribution in [1.82, 2.24) is 14.8 Å². The van der Waals surface area contributed by atoms with Gasteiger partial charge in [-0.1, -0.05) is 6.07 Å². The van der Waals surface area contributed by atoms with Crippen LogP contribution in [0.2, 0.25) is 0 Å². The van der Waals surface area contributed by atoms with Gasteiger partial charge in [-0.05, 0) is 35.9 Å². The molecule has 4 rings (SSSR count). The number of aliphatic hydroxyl groups excluding tert-OH is 1. The van der Waals surface area contributed by atoms with Crippen molar-refractivity contribution in [2.75, 3.05) is 39.4 Å². The summed E-state index contributed by atoms with van der Waals surface area (Å²) in [6.45, 7) is 3.70. The molecule has 2 aromatic rings. The van der Waals surface area contributed by atoms with Crippen LogP contribution in [0.3, 0.4) is 0 Å². The minimum atomic E-state index is -0.759. The minimum absolute atomic E-state index is 0.0124. The Labute approximate surface area is 173 Å². The van der Waals surface area contributed by atoms with Gasteiger partial charge in [0.15, 0.2) is 0 Å². The Hall–Kier alpha value is -3.10. The molecule has 0 saturated carbocycles. The zero-order valence-electron chi connectivity index (χ0n) is 16.3. The van der Waals surface area contributed by atoms with E-state index in [4.69, 9.17) is 4.74 Å². The third kappa shape index (κ3) is 3.96.